The van der Waals surface area contributed by atoms with Crippen molar-refractivity contribution in [2.75, 3.05) is 14.1 Å². The van der Waals surface area contributed by atoms with Crippen molar-refractivity contribution in [2.24, 2.45) is 0 Å². The van der Waals surface area contributed by atoms with Crippen molar-refractivity contribution in [3.8, 4) is 0 Å². The Kier molecular flexibility index (Phi) is 3.65. The van der Waals surface area contributed by atoms with Crippen LogP contribution in [0.1, 0.15) is 20.8 Å². The van der Waals surface area contributed by atoms with E-state index in [1.807, 2.05) is 27.9 Å². The van der Waals surface area contributed by atoms with Crippen molar-refractivity contribution in [2.45, 2.75) is 20.8 Å². The molecular weight excluding hydrogens is 142 g/mol. The first-order valence-corrected chi connectivity index (χ1v) is 3.48. The zero-order valence-corrected chi connectivity index (χ0v) is 7.76. The maximum atomic E-state index is 10.6. The minimum Gasteiger partial charge on any atom is -0.410 e. The van der Waals surface area contributed by atoms with Gasteiger partial charge in [0.15, 0.2) is 5.88 Å². The summed E-state index contributed by atoms with van der Waals surface area (Å²) < 4.78 is 4.94. The van der Waals surface area contributed by atoms with E-state index in [9.17, 15) is 4.79 Å². The highest BCUT2D eigenvalue weighted by atomic mass is 16.5. The highest BCUT2D eigenvalue weighted by molar-refractivity contribution is 5.67. The van der Waals surface area contributed by atoms with E-state index in [4.69, 9.17) is 4.74 Å². The summed E-state index contributed by atoms with van der Waals surface area (Å²) in [4.78, 5) is 12.4. The van der Waals surface area contributed by atoms with E-state index in [-0.39, 0.29) is 5.97 Å². The summed E-state index contributed by atoms with van der Waals surface area (Å²) in [6.45, 7) is 5.20. The van der Waals surface area contributed by atoms with E-state index >= 15 is 0 Å². The maximum Gasteiger partial charge on any atom is 0.309 e. The van der Waals surface area contributed by atoms with Crippen LogP contribution >= 0.6 is 0 Å². The van der Waals surface area contributed by atoms with Gasteiger partial charge < -0.3 is 9.64 Å². The number of ether oxygens (including phenoxy) is 1. The van der Waals surface area contributed by atoms with Gasteiger partial charge in [-0.05, 0) is 19.4 Å². The van der Waals surface area contributed by atoms with Gasteiger partial charge in [-0.2, -0.15) is 0 Å². The Labute approximate surface area is 67.6 Å². The predicted molar refractivity (Wildman–Crippen MR) is 43.8 cm³/mol. The molecule has 0 N–H and O–H groups in total. The number of rotatable bonds is 2. The average Bonchev–Trinajstić information content (AvgIpc) is 1.81. The molecule has 0 aliphatic carbocycles. The van der Waals surface area contributed by atoms with Crippen LogP contribution in [0.4, 0.5) is 0 Å². The lowest BCUT2D eigenvalue weighted by Crippen LogP contribution is -2.17. The average molecular weight is 157 g/mol. The zero-order chi connectivity index (χ0) is 9.02. The van der Waals surface area contributed by atoms with E-state index in [1.165, 1.54) is 6.92 Å². The highest BCUT2D eigenvalue weighted by Gasteiger charge is 2.05. The molecule has 3 heteroatoms. The molecule has 0 radical (unpaired) electrons. The van der Waals surface area contributed by atoms with Gasteiger partial charge in [0.05, 0.1) is 0 Å². The van der Waals surface area contributed by atoms with Crippen LogP contribution in [0.3, 0.4) is 0 Å². The van der Waals surface area contributed by atoms with Gasteiger partial charge in [-0.3, -0.25) is 4.79 Å². The second-order valence-corrected chi connectivity index (χ2v) is 2.79. The second-order valence-electron chi connectivity index (χ2n) is 2.79. The number of carbonyl (C=O) groups is 1. The molecule has 0 aromatic rings. The predicted octanol–water partition coefficient (Wildman–Crippen LogP) is 1.36. The molecule has 11 heavy (non-hydrogen) atoms. The summed E-state index contributed by atoms with van der Waals surface area (Å²) in [5.74, 6) is 0.340. The van der Waals surface area contributed by atoms with Crippen molar-refractivity contribution >= 4 is 5.97 Å². The van der Waals surface area contributed by atoms with Crippen molar-refractivity contribution in [3.05, 3.63) is 11.5 Å². The van der Waals surface area contributed by atoms with Gasteiger partial charge in [0.1, 0.15) is 0 Å². The lowest BCUT2D eigenvalue weighted by Gasteiger charge is -2.17. The number of carbonyl (C=O) groups excluding carboxylic acids is 1. The molecule has 0 heterocycles. The first kappa shape index (κ1) is 10.0. The molecule has 0 aliphatic rings. The van der Waals surface area contributed by atoms with Crippen molar-refractivity contribution in [1.29, 1.82) is 0 Å². The number of allylic oxidation sites excluding steroid dienone is 1. The molecule has 0 atom stereocenters. The van der Waals surface area contributed by atoms with Gasteiger partial charge in [0, 0.05) is 21.0 Å². The van der Waals surface area contributed by atoms with Crippen LogP contribution in [0.5, 0.6) is 0 Å². The molecule has 0 fully saturated rings. The third-order valence-corrected chi connectivity index (χ3v) is 1.07. The van der Waals surface area contributed by atoms with Crippen LogP contribution in [-0.4, -0.2) is 25.0 Å². The van der Waals surface area contributed by atoms with Gasteiger partial charge in [0.2, 0.25) is 0 Å². The highest BCUT2D eigenvalue weighted by Crippen LogP contribution is 2.07. The first-order chi connectivity index (χ1) is 4.95. The Morgan fingerprint density at radius 3 is 1.73 bits per heavy atom. The number of nitrogens with zero attached hydrogens (tertiary/aromatic N) is 1. The summed E-state index contributed by atoms with van der Waals surface area (Å²) in [6, 6.07) is 0. The molecule has 0 saturated carbocycles. The minimum absolute atomic E-state index is 0.282. The van der Waals surface area contributed by atoms with Crippen molar-refractivity contribution in [3.63, 3.8) is 0 Å². The summed E-state index contributed by atoms with van der Waals surface area (Å²) in [5.41, 5.74) is 0.991. The molecule has 3 nitrogen and oxygen atoms in total. The second kappa shape index (κ2) is 4.01. The Bertz CT molecular complexity index is 179. The normalized spacial score (nSPS) is 8.82. The molecule has 0 amide bonds. The van der Waals surface area contributed by atoms with Crippen LogP contribution in [-0.2, 0) is 9.53 Å². The zero-order valence-electron chi connectivity index (χ0n) is 7.76. The third kappa shape index (κ3) is 3.65. The summed E-state index contributed by atoms with van der Waals surface area (Å²) in [6.07, 6.45) is 0. The van der Waals surface area contributed by atoms with E-state index in [1.54, 1.807) is 4.90 Å². The van der Waals surface area contributed by atoms with E-state index in [0.717, 1.165) is 5.57 Å². The molecule has 0 spiro atoms. The van der Waals surface area contributed by atoms with E-state index < -0.39 is 0 Å². The standard InChI is InChI=1S/C8H15NO2/c1-6(2)8(9(4)5)11-7(3)10/h1-5H3. The Morgan fingerprint density at radius 2 is 1.64 bits per heavy atom. The van der Waals surface area contributed by atoms with Crippen LogP contribution in [0.15, 0.2) is 11.5 Å². The molecular formula is C8H15NO2. The van der Waals surface area contributed by atoms with Gasteiger partial charge in [-0.1, -0.05) is 0 Å². The fourth-order valence-corrected chi connectivity index (χ4v) is 0.777. The summed E-state index contributed by atoms with van der Waals surface area (Å²) in [5, 5.41) is 0. The van der Waals surface area contributed by atoms with Crippen molar-refractivity contribution < 1.29 is 9.53 Å². The quantitative estimate of drug-likeness (QED) is 0.448. The Morgan fingerprint density at radius 1 is 1.18 bits per heavy atom. The smallest absolute Gasteiger partial charge is 0.309 e. The molecule has 0 rings (SSSR count). The summed E-state index contributed by atoms with van der Waals surface area (Å²) in [7, 11) is 3.68. The topological polar surface area (TPSA) is 29.5 Å². The van der Waals surface area contributed by atoms with Gasteiger partial charge >= 0.3 is 5.97 Å². The maximum absolute atomic E-state index is 10.6. The summed E-state index contributed by atoms with van der Waals surface area (Å²) >= 11 is 0. The molecule has 0 saturated heterocycles. The molecule has 0 aromatic carbocycles. The monoisotopic (exact) mass is 157 g/mol. The van der Waals surface area contributed by atoms with E-state index in [2.05, 4.69) is 0 Å². The number of hydrogen-bond acceptors (Lipinski definition) is 3. The van der Waals surface area contributed by atoms with Crippen LogP contribution in [0, 0.1) is 0 Å². The first-order valence-electron chi connectivity index (χ1n) is 3.48. The Hall–Kier alpha value is -0.990. The van der Waals surface area contributed by atoms with Crippen LogP contribution < -0.4 is 0 Å². The SMILES string of the molecule is CC(=O)OC(=C(C)C)N(C)C. The van der Waals surface area contributed by atoms with Crippen molar-refractivity contribution in [1.82, 2.24) is 4.90 Å². The Balaban J connectivity index is 4.38. The van der Waals surface area contributed by atoms with Crippen LogP contribution in [0.25, 0.3) is 0 Å². The molecule has 0 aromatic heterocycles. The number of esters is 1. The minimum atomic E-state index is -0.282. The molecule has 64 valence electrons. The molecule has 0 unspecified atom stereocenters. The van der Waals surface area contributed by atoms with Gasteiger partial charge in [0.25, 0.3) is 0 Å². The lowest BCUT2D eigenvalue weighted by atomic mass is 10.3. The lowest BCUT2D eigenvalue weighted by molar-refractivity contribution is -0.139. The fourth-order valence-electron chi connectivity index (χ4n) is 0.777. The largest absolute Gasteiger partial charge is 0.410 e. The fraction of sp³-hybridized carbons (Fsp3) is 0.625. The van der Waals surface area contributed by atoms with Gasteiger partial charge in [-0.25, -0.2) is 0 Å². The number of hydrogen-bond donors (Lipinski definition) is 0. The third-order valence-electron chi connectivity index (χ3n) is 1.07. The molecule has 0 bridgehead atoms. The van der Waals surface area contributed by atoms with E-state index in [0.29, 0.717) is 5.88 Å². The van der Waals surface area contributed by atoms with Gasteiger partial charge in [-0.15, -0.1) is 0 Å². The molecule has 0 aliphatic heterocycles. The van der Waals surface area contributed by atoms with Crippen LogP contribution in [0.2, 0.25) is 0 Å².